The van der Waals surface area contributed by atoms with Gasteiger partial charge in [0.2, 0.25) is 10.0 Å². The number of hydrogen-bond acceptors (Lipinski definition) is 4. The molecule has 1 aliphatic rings. The van der Waals surface area contributed by atoms with E-state index in [0.29, 0.717) is 13.2 Å². The Morgan fingerprint density at radius 2 is 2.17 bits per heavy atom. The van der Waals surface area contributed by atoms with E-state index in [1.807, 2.05) is 13.8 Å². The van der Waals surface area contributed by atoms with Gasteiger partial charge >= 0.3 is 0 Å². The van der Waals surface area contributed by atoms with Crippen molar-refractivity contribution in [1.29, 1.82) is 0 Å². The summed E-state index contributed by atoms with van der Waals surface area (Å²) in [7, 11) is -3.53. The summed E-state index contributed by atoms with van der Waals surface area (Å²) in [6.07, 6.45) is 1.18. The highest BCUT2D eigenvalue weighted by Gasteiger charge is 2.34. The summed E-state index contributed by atoms with van der Waals surface area (Å²) in [6, 6.07) is 2.77. The number of pyridine rings is 1. The minimum Gasteiger partial charge on any atom is -0.375 e. The van der Waals surface area contributed by atoms with Crippen molar-refractivity contribution in [3.8, 4) is 0 Å². The summed E-state index contributed by atoms with van der Waals surface area (Å²) in [6.45, 7) is 4.44. The molecule has 1 aliphatic heterocycles. The molecule has 1 saturated heterocycles. The van der Waals surface area contributed by atoms with E-state index in [-0.39, 0.29) is 22.2 Å². The zero-order valence-corrected chi connectivity index (χ0v) is 11.8. The van der Waals surface area contributed by atoms with Crippen molar-refractivity contribution in [2.75, 3.05) is 13.2 Å². The average molecular weight is 291 g/mol. The fourth-order valence-corrected chi connectivity index (χ4v) is 3.61. The lowest BCUT2D eigenvalue weighted by Gasteiger charge is -2.35. The third-order valence-electron chi connectivity index (χ3n) is 2.86. The molecule has 100 valence electrons. The summed E-state index contributed by atoms with van der Waals surface area (Å²) >= 11 is 5.66. The van der Waals surface area contributed by atoms with Gasteiger partial charge in [0, 0.05) is 18.8 Å². The van der Waals surface area contributed by atoms with Crippen LogP contribution in [0.5, 0.6) is 0 Å². The number of halogens is 1. The van der Waals surface area contributed by atoms with E-state index in [0.717, 1.165) is 0 Å². The largest absolute Gasteiger partial charge is 0.375 e. The van der Waals surface area contributed by atoms with E-state index in [4.69, 9.17) is 16.3 Å². The third-order valence-corrected chi connectivity index (χ3v) is 5.04. The molecule has 7 heteroatoms. The molecule has 0 spiro atoms. The molecule has 2 heterocycles. The third kappa shape index (κ3) is 2.66. The molecule has 5 nitrogen and oxygen atoms in total. The van der Waals surface area contributed by atoms with Crippen molar-refractivity contribution in [2.45, 2.75) is 30.9 Å². The summed E-state index contributed by atoms with van der Waals surface area (Å²) in [5.41, 5.74) is 0. The Morgan fingerprint density at radius 3 is 2.78 bits per heavy atom. The number of rotatable bonds is 2. The van der Waals surface area contributed by atoms with Crippen molar-refractivity contribution < 1.29 is 13.2 Å². The van der Waals surface area contributed by atoms with Gasteiger partial charge in [0.25, 0.3) is 0 Å². The number of sulfonamides is 1. The highest BCUT2D eigenvalue weighted by Crippen LogP contribution is 2.22. The quantitative estimate of drug-likeness (QED) is 0.775. The molecule has 0 radical (unpaired) electrons. The van der Waals surface area contributed by atoms with Crippen LogP contribution in [0.3, 0.4) is 0 Å². The van der Waals surface area contributed by atoms with Crippen LogP contribution in [0.1, 0.15) is 13.8 Å². The molecule has 0 N–H and O–H groups in total. The van der Waals surface area contributed by atoms with E-state index in [1.54, 1.807) is 0 Å². The van der Waals surface area contributed by atoms with Gasteiger partial charge in [-0.05, 0) is 26.0 Å². The Balaban J connectivity index is 2.32. The molecule has 0 unspecified atom stereocenters. The topological polar surface area (TPSA) is 59.5 Å². The predicted octanol–water partition coefficient (Wildman–Crippen LogP) is 1.53. The van der Waals surface area contributed by atoms with Crippen molar-refractivity contribution in [2.24, 2.45) is 0 Å². The highest BCUT2D eigenvalue weighted by atomic mass is 35.5. The second kappa shape index (κ2) is 5.13. The Bertz CT molecular complexity index is 518. The standard InChI is InChI=1S/C11H15ClN2O3S/c1-8-7-17-9(2)6-14(8)18(15,16)10-3-4-11(12)13-5-10/h3-5,8-9H,6-7H2,1-2H3/t8-,9+/m0/s1. The predicted molar refractivity (Wildman–Crippen MR) is 68.0 cm³/mol. The number of hydrogen-bond donors (Lipinski definition) is 0. The van der Waals surface area contributed by atoms with E-state index in [9.17, 15) is 8.42 Å². The van der Waals surface area contributed by atoms with Gasteiger partial charge in [-0.25, -0.2) is 13.4 Å². The van der Waals surface area contributed by atoms with Gasteiger partial charge in [0.05, 0.1) is 12.7 Å². The summed E-state index contributed by atoms with van der Waals surface area (Å²) < 4.78 is 31.8. The molecule has 1 fully saturated rings. The van der Waals surface area contributed by atoms with Crippen molar-refractivity contribution in [3.05, 3.63) is 23.5 Å². The van der Waals surface area contributed by atoms with Crippen LogP contribution in [0.15, 0.2) is 23.2 Å². The van der Waals surface area contributed by atoms with E-state index in [2.05, 4.69) is 4.98 Å². The monoisotopic (exact) mass is 290 g/mol. The van der Waals surface area contributed by atoms with Crippen LogP contribution in [0.25, 0.3) is 0 Å². The molecule has 0 bridgehead atoms. The van der Waals surface area contributed by atoms with Crippen LogP contribution in [0.2, 0.25) is 5.15 Å². The van der Waals surface area contributed by atoms with Crippen LogP contribution >= 0.6 is 11.6 Å². The van der Waals surface area contributed by atoms with Gasteiger partial charge in [0.1, 0.15) is 10.0 Å². The van der Waals surface area contributed by atoms with Crippen LogP contribution < -0.4 is 0 Å². The molecule has 1 aromatic heterocycles. The molecule has 18 heavy (non-hydrogen) atoms. The lowest BCUT2D eigenvalue weighted by atomic mass is 10.2. The first kappa shape index (κ1) is 13.7. The molecule has 2 rings (SSSR count). The molecule has 2 atom stereocenters. The Labute approximate surface area is 112 Å². The number of morpholine rings is 1. The maximum absolute atomic E-state index is 12.4. The second-order valence-corrected chi connectivity index (χ2v) is 6.66. The lowest BCUT2D eigenvalue weighted by molar-refractivity contribution is -0.0170. The minimum absolute atomic E-state index is 0.101. The molecule has 0 aromatic carbocycles. The highest BCUT2D eigenvalue weighted by molar-refractivity contribution is 7.89. The van der Waals surface area contributed by atoms with Gasteiger partial charge in [0.15, 0.2) is 0 Å². The van der Waals surface area contributed by atoms with E-state index < -0.39 is 10.0 Å². The molecule has 0 amide bonds. The maximum Gasteiger partial charge on any atom is 0.245 e. The first-order valence-corrected chi connectivity index (χ1v) is 7.48. The SMILES string of the molecule is C[C@@H]1CN(S(=O)(=O)c2ccc(Cl)nc2)[C@@H](C)CO1. The van der Waals surface area contributed by atoms with Crippen molar-refractivity contribution in [1.82, 2.24) is 9.29 Å². The molecule has 0 aliphatic carbocycles. The first-order valence-electron chi connectivity index (χ1n) is 5.66. The second-order valence-electron chi connectivity index (χ2n) is 4.38. The van der Waals surface area contributed by atoms with Gasteiger partial charge in [-0.15, -0.1) is 0 Å². The van der Waals surface area contributed by atoms with Crippen LogP contribution in [-0.2, 0) is 14.8 Å². The van der Waals surface area contributed by atoms with Gasteiger partial charge in [-0.3, -0.25) is 0 Å². The molecular weight excluding hydrogens is 276 g/mol. The van der Waals surface area contributed by atoms with E-state index >= 15 is 0 Å². The normalized spacial score (nSPS) is 26.2. The first-order chi connectivity index (χ1) is 8.41. The zero-order chi connectivity index (χ0) is 13.3. The maximum atomic E-state index is 12.4. The van der Waals surface area contributed by atoms with Gasteiger partial charge < -0.3 is 4.74 Å². The van der Waals surface area contributed by atoms with Crippen LogP contribution in [-0.4, -0.2) is 43.0 Å². The molecule has 0 saturated carbocycles. The Hall–Kier alpha value is -0.690. The smallest absolute Gasteiger partial charge is 0.245 e. The summed E-state index contributed by atoms with van der Waals surface area (Å²) in [4.78, 5) is 3.97. The average Bonchev–Trinajstić information content (AvgIpc) is 2.32. The summed E-state index contributed by atoms with van der Waals surface area (Å²) in [5, 5.41) is 0.275. The van der Waals surface area contributed by atoms with Crippen LogP contribution in [0.4, 0.5) is 0 Å². The van der Waals surface area contributed by atoms with Gasteiger partial charge in [-0.2, -0.15) is 4.31 Å². The number of nitrogens with zero attached hydrogens (tertiary/aromatic N) is 2. The Morgan fingerprint density at radius 1 is 1.44 bits per heavy atom. The number of aromatic nitrogens is 1. The van der Waals surface area contributed by atoms with Gasteiger partial charge in [-0.1, -0.05) is 11.6 Å². The lowest BCUT2D eigenvalue weighted by Crippen LogP contribution is -2.50. The molecular formula is C11H15ClN2O3S. The number of ether oxygens (including phenoxy) is 1. The molecule has 1 aromatic rings. The van der Waals surface area contributed by atoms with Crippen molar-refractivity contribution >= 4 is 21.6 Å². The van der Waals surface area contributed by atoms with E-state index in [1.165, 1.54) is 22.6 Å². The summed E-state index contributed by atoms with van der Waals surface area (Å²) in [5.74, 6) is 0. The Kier molecular flexibility index (Phi) is 3.91. The van der Waals surface area contributed by atoms with Crippen LogP contribution in [0, 0.1) is 0 Å². The van der Waals surface area contributed by atoms with Crippen molar-refractivity contribution in [3.63, 3.8) is 0 Å². The minimum atomic E-state index is -3.53. The fraction of sp³-hybridized carbons (Fsp3) is 0.545. The zero-order valence-electron chi connectivity index (χ0n) is 10.2. The fourth-order valence-electron chi connectivity index (χ4n) is 1.86.